The molecule has 0 aromatic rings. The average Bonchev–Trinajstić information content (AvgIpc) is 2.37. The van der Waals surface area contributed by atoms with E-state index in [0.29, 0.717) is 0 Å². The Kier molecular flexibility index (Phi) is 4.91. The van der Waals surface area contributed by atoms with Crippen LogP contribution in [0.25, 0.3) is 0 Å². The van der Waals surface area contributed by atoms with Gasteiger partial charge in [-0.1, -0.05) is 26.2 Å². The Morgan fingerprint density at radius 2 is 1.59 bits per heavy atom. The predicted octanol–water partition coefficient (Wildman–Crippen LogP) is -0.211. The number of rotatable bonds is 5. The third-order valence-corrected chi connectivity index (χ3v) is 3.79. The van der Waals surface area contributed by atoms with E-state index in [1.165, 1.54) is 0 Å². The van der Waals surface area contributed by atoms with E-state index in [2.05, 4.69) is 5.32 Å². The van der Waals surface area contributed by atoms with E-state index in [0.717, 1.165) is 32.1 Å². The van der Waals surface area contributed by atoms with Gasteiger partial charge in [-0.3, -0.25) is 4.79 Å². The van der Waals surface area contributed by atoms with Crippen molar-refractivity contribution in [3.63, 3.8) is 0 Å². The molecule has 100 valence electrons. The van der Waals surface area contributed by atoms with Crippen LogP contribution in [0.4, 0.5) is 0 Å². The first-order valence-corrected chi connectivity index (χ1v) is 6.17. The third kappa shape index (κ3) is 3.18. The number of carbonyl (C=O) groups is 1. The van der Waals surface area contributed by atoms with Gasteiger partial charge < -0.3 is 20.6 Å². The molecule has 0 heterocycles. The van der Waals surface area contributed by atoms with Crippen LogP contribution in [0, 0.1) is 5.41 Å². The van der Waals surface area contributed by atoms with Crippen molar-refractivity contribution in [2.75, 3.05) is 19.8 Å². The Morgan fingerprint density at radius 3 is 2.00 bits per heavy atom. The van der Waals surface area contributed by atoms with Crippen LogP contribution in [0.5, 0.6) is 0 Å². The molecule has 1 aliphatic rings. The molecule has 4 N–H and O–H groups in total. The van der Waals surface area contributed by atoms with E-state index in [1.54, 1.807) is 0 Å². The fourth-order valence-electron chi connectivity index (χ4n) is 2.22. The summed E-state index contributed by atoms with van der Waals surface area (Å²) in [5.41, 5.74) is -1.75. The van der Waals surface area contributed by atoms with Crippen LogP contribution in [-0.2, 0) is 4.79 Å². The molecule has 0 atom stereocenters. The van der Waals surface area contributed by atoms with Crippen LogP contribution in [0.1, 0.15) is 39.0 Å². The fraction of sp³-hybridized carbons (Fsp3) is 0.917. The lowest BCUT2D eigenvalue weighted by Gasteiger charge is -2.37. The maximum absolute atomic E-state index is 12.2. The van der Waals surface area contributed by atoms with Gasteiger partial charge in [0.05, 0.1) is 19.8 Å². The van der Waals surface area contributed by atoms with Gasteiger partial charge in [0.15, 0.2) is 0 Å². The van der Waals surface area contributed by atoms with E-state index >= 15 is 0 Å². The zero-order valence-corrected chi connectivity index (χ0v) is 10.4. The van der Waals surface area contributed by atoms with Crippen molar-refractivity contribution in [1.29, 1.82) is 0 Å². The lowest BCUT2D eigenvalue weighted by molar-refractivity contribution is -0.136. The van der Waals surface area contributed by atoms with Gasteiger partial charge in [0.1, 0.15) is 5.54 Å². The molecule has 17 heavy (non-hydrogen) atoms. The van der Waals surface area contributed by atoms with Crippen molar-refractivity contribution in [3.8, 4) is 0 Å². The van der Waals surface area contributed by atoms with E-state index in [9.17, 15) is 20.1 Å². The van der Waals surface area contributed by atoms with Gasteiger partial charge in [0, 0.05) is 5.41 Å². The van der Waals surface area contributed by atoms with Crippen LogP contribution in [0.2, 0.25) is 0 Å². The van der Waals surface area contributed by atoms with Crippen LogP contribution < -0.4 is 5.32 Å². The normalized spacial score (nSPS) is 20.0. The largest absolute Gasteiger partial charge is 0.394 e. The maximum Gasteiger partial charge on any atom is 0.226 e. The number of hydrogen-bond acceptors (Lipinski definition) is 4. The zero-order valence-electron chi connectivity index (χ0n) is 10.4. The molecule has 0 bridgehead atoms. The summed E-state index contributed by atoms with van der Waals surface area (Å²) in [6, 6.07) is 0. The second kappa shape index (κ2) is 5.80. The zero-order chi connectivity index (χ0) is 12.9. The van der Waals surface area contributed by atoms with Crippen molar-refractivity contribution in [3.05, 3.63) is 0 Å². The minimum atomic E-state index is -1.31. The van der Waals surface area contributed by atoms with Gasteiger partial charge in [-0.2, -0.15) is 0 Å². The Balaban J connectivity index is 2.69. The quantitative estimate of drug-likeness (QED) is 0.539. The van der Waals surface area contributed by atoms with Gasteiger partial charge in [-0.25, -0.2) is 0 Å². The molecule has 0 saturated heterocycles. The molecule has 1 fully saturated rings. The highest BCUT2D eigenvalue weighted by Crippen LogP contribution is 2.36. The van der Waals surface area contributed by atoms with E-state index in [4.69, 9.17) is 0 Å². The lowest BCUT2D eigenvalue weighted by Crippen LogP contribution is -2.60. The highest BCUT2D eigenvalue weighted by molar-refractivity contribution is 5.83. The van der Waals surface area contributed by atoms with E-state index in [-0.39, 0.29) is 5.91 Å². The van der Waals surface area contributed by atoms with Crippen molar-refractivity contribution < 1.29 is 20.1 Å². The first-order valence-electron chi connectivity index (χ1n) is 6.17. The van der Waals surface area contributed by atoms with E-state index < -0.39 is 30.8 Å². The predicted molar refractivity (Wildman–Crippen MR) is 63.3 cm³/mol. The molecule has 1 saturated carbocycles. The molecule has 0 radical (unpaired) electrons. The van der Waals surface area contributed by atoms with Crippen LogP contribution >= 0.6 is 0 Å². The molecule has 0 spiro atoms. The summed E-state index contributed by atoms with van der Waals surface area (Å²) >= 11 is 0. The fourth-order valence-corrected chi connectivity index (χ4v) is 2.22. The summed E-state index contributed by atoms with van der Waals surface area (Å²) in [7, 11) is 0. The van der Waals surface area contributed by atoms with Gasteiger partial charge in [0.25, 0.3) is 0 Å². The SMILES string of the molecule is CC1(C(=O)NC(CO)(CO)CO)CCCCC1. The van der Waals surface area contributed by atoms with Crippen molar-refractivity contribution in [2.45, 2.75) is 44.6 Å². The highest BCUT2D eigenvalue weighted by Gasteiger charge is 2.39. The smallest absolute Gasteiger partial charge is 0.226 e. The minimum Gasteiger partial charge on any atom is -0.394 e. The van der Waals surface area contributed by atoms with Crippen molar-refractivity contribution >= 4 is 5.91 Å². The monoisotopic (exact) mass is 245 g/mol. The topological polar surface area (TPSA) is 89.8 Å². The van der Waals surface area contributed by atoms with Crippen LogP contribution in [0.3, 0.4) is 0 Å². The molecular formula is C12H23NO4. The Labute approximate surface area is 102 Å². The second-order valence-electron chi connectivity index (χ2n) is 5.33. The summed E-state index contributed by atoms with van der Waals surface area (Å²) in [6.45, 7) is 0.490. The van der Waals surface area contributed by atoms with Gasteiger partial charge in [0.2, 0.25) is 5.91 Å². The van der Waals surface area contributed by atoms with Gasteiger partial charge >= 0.3 is 0 Å². The maximum atomic E-state index is 12.2. The number of aliphatic hydroxyl groups is 3. The lowest BCUT2D eigenvalue weighted by atomic mass is 9.74. The van der Waals surface area contributed by atoms with Crippen molar-refractivity contribution in [1.82, 2.24) is 5.32 Å². The molecule has 0 unspecified atom stereocenters. The Hall–Kier alpha value is -0.650. The number of aliphatic hydroxyl groups excluding tert-OH is 3. The Morgan fingerprint density at radius 1 is 1.12 bits per heavy atom. The highest BCUT2D eigenvalue weighted by atomic mass is 16.3. The minimum absolute atomic E-state index is 0.186. The summed E-state index contributed by atoms with van der Waals surface area (Å²) < 4.78 is 0. The van der Waals surface area contributed by atoms with Gasteiger partial charge in [-0.15, -0.1) is 0 Å². The van der Waals surface area contributed by atoms with Crippen LogP contribution in [0.15, 0.2) is 0 Å². The standard InChI is InChI=1S/C12H23NO4/c1-11(5-3-2-4-6-11)10(17)13-12(7-14,8-15)9-16/h14-16H,2-9H2,1H3,(H,13,17). The Bertz CT molecular complexity index is 249. The molecule has 0 aromatic carbocycles. The summed E-state index contributed by atoms with van der Waals surface area (Å²) in [4.78, 5) is 12.2. The van der Waals surface area contributed by atoms with Crippen molar-refractivity contribution in [2.24, 2.45) is 5.41 Å². The van der Waals surface area contributed by atoms with Crippen LogP contribution in [-0.4, -0.2) is 46.6 Å². The van der Waals surface area contributed by atoms with E-state index in [1.807, 2.05) is 6.92 Å². The molecule has 1 aliphatic carbocycles. The number of carbonyl (C=O) groups excluding carboxylic acids is 1. The number of amides is 1. The molecule has 1 rings (SSSR count). The third-order valence-electron chi connectivity index (χ3n) is 3.79. The molecule has 0 aliphatic heterocycles. The molecule has 0 aromatic heterocycles. The molecular weight excluding hydrogens is 222 g/mol. The average molecular weight is 245 g/mol. The first-order chi connectivity index (χ1) is 8.02. The molecule has 5 heteroatoms. The summed E-state index contributed by atoms with van der Waals surface area (Å²) in [6.07, 6.45) is 4.82. The summed E-state index contributed by atoms with van der Waals surface area (Å²) in [5.74, 6) is -0.186. The summed E-state index contributed by atoms with van der Waals surface area (Å²) in [5, 5.41) is 30.1. The van der Waals surface area contributed by atoms with Gasteiger partial charge in [-0.05, 0) is 12.8 Å². The molecule has 1 amide bonds. The molecule has 5 nitrogen and oxygen atoms in total. The number of nitrogens with one attached hydrogen (secondary N) is 1. The second-order valence-corrected chi connectivity index (χ2v) is 5.33. The number of hydrogen-bond donors (Lipinski definition) is 4. The first kappa shape index (κ1) is 14.4.